The lowest BCUT2D eigenvalue weighted by molar-refractivity contribution is -0.120. The zero-order valence-electron chi connectivity index (χ0n) is 11.8. The molecule has 21 heavy (non-hydrogen) atoms. The van der Waals surface area contributed by atoms with E-state index in [1.165, 1.54) is 5.56 Å². The van der Waals surface area contributed by atoms with Crippen molar-refractivity contribution in [3.8, 4) is 0 Å². The van der Waals surface area contributed by atoms with Crippen LogP contribution in [-0.2, 0) is 17.8 Å². The SMILES string of the molecule is O=C(CNCCc1ccccc1)NCc1ccccc1Cl. The first kappa shape index (κ1) is 15.5. The Morgan fingerprint density at radius 3 is 2.48 bits per heavy atom. The molecule has 0 aliphatic carbocycles. The van der Waals surface area contributed by atoms with Crippen LogP contribution < -0.4 is 10.6 Å². The number of nitrogens with one attached hydrogen (secondary N) is 2. The zero-order chi connectivity index (χ0) is 14.9. The Kier molecular flexibility index (Phi) is 6.25. The molecule has 0 fully saturated rings. The van der Waals surface area contributed by atoms with Crippen molar-refractivity contribution in [3.63, 3.8) is 0 Å². The second-order valence-electron chi connectivity index (χ2n) is 4.78. The van der Waals surface area contributed by atoms with Gasteiger partial charge in [-0.1, -0.05) is 60.1 Å². The summed E-state index contributed by atoms with van der Waals surface area (Å²) in [6, 6.07) is 17.7. The molecule has 0 heterocycles. The second-order valence-corrected chi connectivity index (χ2v) is 5.19. The summed E-state index contributed by atoms with van der Waals surface area (Å²) in [4.78, 5) is 11.7. The van der Waals surface area contributed by atoms with Gasteiger partial charge in [-0.15, -0.1) is 0 Å². The number of hydrogen-bond donors (Lipinski definition) is 2. The maximum atomic E-state index is 11.7. The minimum atomic E-state index is -0.0250. The molecule has 0 aliphatic rings. The van der Waals surface area contributed by atoms with E-state index in [0.29, 0.717) is 18.1 Å². The average Bonchev–Trinajstić information content (AvgIpc) is 2.52. The van der Waals surface area contributed by atoms with Crippen molar-refractivity contribution in [2.45, 2.75) is 13.0 Å². The molecule has 0 radical (unpaired) electrons. The molecule has 0 aromatic heterocycles. The summed E-state index contributed by atoms with van der Waals surface area (Å²) in [7, 11) is 0. The van der Waals surface area contributed by atoms with Gasteiger partial charge in [-0.25, -0.2) is 0 Å². The Balaban J connectivity index is 1.63. The zero-order valence-corrected chi connectivity index (χ0v) is 12.6. The van der Waals surface area contributed by atoms with E-state index in [-0.39, 0.29) is 5.91 Å². The van der Waals surface area contributed by atoms with Gasteiger partial charge in [0.05, 0.1) is 6.54 Å². The van der Waals surface area contributed by atoms with Crippen molar-refractivity contribution in [3.05, 3.63) is 70.7 Å². The third-order valence-corrected chi connectivity index (χ3v) is 3.52. The van der Waals surface area contributed by atoms with Crippen molar-refractivity contribution in [1.82, 2.24) is 10.6 Å². The van der Waals surface area contributed by atoms with Gasteiger partial charge in [0, 0.05) is 11.6 Å². The molecule has 0 saturated heterocycles. The molecular weight excluding hydrogens is 284 g/mol. The van der Waals surface area contributed by atoms with Crippen LogP contribution in [0.3, 0.4) is 0 Å². The van der Waals surface area contributed by atoms with Crippen LogP contribution in [0.4, 0.5) is 0 Å². The van der Waals surface area contributed by atoms with E-state index in [1.807, 2.05) is 42.5 Å². The molecule has 2 aromatic rings. The minimum absolute atomic E-state index is 0.0250. The second kappa shape index (κ2) is 8.45. The summed E-state index contributed by atoms with van der Waals surface area (Å²) in [6.45, 7) is 1.56. The summed E-state index contributed by atoms with van der Waals surface area (Å²) >= 11 is 6.04. The summed E-state index contributed by atoms with van der Waals surface area (Å²) < 4.78 is 0. The Hall–Kier alpha value is -1.84. The number of hydrogen-bond acceptors (Lipinski definition) is 2. The maximum absolute atomic E-state index is 11.7. The molecule has 0 saturated carbocycles. The minimum Gasteiger partial charge on any atom is -0.351 e. The highest BCUT2D eigenvalue weighted by Gasteiger charge is 2.03. The van der Waals surface area contributed by atoms with Crippen LogP contribution in [0, 0.1) is 0 Å². The van der Waals surface area contributed by atoms with Crippen molar-refractivity contribution in [2.75, 3.05) is 13.1 Å². The van der Waals surface area contributed by atoms with E-state index in [2.05, 4.69) is 22.8 Å². The number of rotatable bonds is 7. The third-order valence-electron chi connectivity index (χ3n) is 3.15. The first-order valence-corrected chi connectivity index (χ1v) is 7.38. The highest BCUT2D eigenvalue weighted by atomic mass is 35.5. The van der Waals surface area contributed by atoms with E-state index in [4.69, 9.17) is 11.6 Å². The van der Waals surface area contributed by atoms with Gasteiger partial charge in [-0.3, -0.25) is 4.79 Å². The Morgan fingerprint density at radius 2 is 1.71 bits per heavy atom. The molecule has 0 atom stereocenters. The maximum Gasteiger partial charge on any atom is 0.234 e. The fourth-order valence-corrected chi connectivity index (χ4v) is 2.18. The molecule has 4 heteroatoms. The molecule has 1 amide bonds. The third kappa shape index (κ3) is 5.58. The summed E-state index contributed by atoms with van der Waals surface area (Å²) in [6.07, 6.45) is 0.915. The molecule has 0 bridgehead atoms. The predicted molar refractivity (Wildman–Crippen MR) is 86.3 cm³/mol. The Bertz CT molecular complexity index is 572. The van der Waals surface area contributed by atoms with E-state index in [9.17, 15) is 4.79 Å². The number of halogens is 1. The number of amides is 1. The van der Waals surface area contributed by atoms with Crippen LogP contribution in [0.25, 0.3) is 0 Å². The number of benzene rings is 2. The van der Waals surface area contributed by atoms with Gasteiger partial charge in [0.15, 0.2) is 0 Å². The average molecular weight is 303 g/mol. The largest absolute Gasteiger partial charge is 0.351 e. The standard InChI is InChI=1S/C17H19ClN2O/c18-16-9-5-4-8-15(16)12-20-17(21)13-19-11-10-14-6-2-1-3-7-14/h1-9,19H,10-13H2,(H,20,21). The highest BCUT2D eigenvalue weighted by molar-refractivity contribution is 6.31. The molecular formula is C17H19ClN2O. The lowest BCUT2D eigenvalue weighted by atomic mass is 10.1. The first-order chi connectivity index (χ1) is 10.3. The van der Waals surface area contributed by atoms with Crippen molar-refractivity contribution in [2.24, 2.45) is 0 Å². The van der Waals surface area contributed by atoms with Crippen LogP contribution in [0.5, 0.6) is 0 Å². The van der Waals surface area contributed by atoms with E-state index >= 15 is 0 Å². The molecule has 2 rings (SSSR count). The van der Waals surface area contributed by atoms with E-state index < -0.39 is 0 Å². The first-order valence-electron chi connectivity index (χ1n) is 7.00. The van der Waals surface area contributed by atoms with Gasteiger partial charge < -0.3 is 10.6 Å². The smallest absolute Gasteiger partial charge is 0.234 e. The van der Waals surface area contributed by atoms with Gasteiger partial charge >= 0.3 is 0 Å². The molecule has 2 aromatic carbocycles. The summed E-state index contributed by atoms with van der Waals surface area (Å²) in [5.41, 5.74) is 2.19. The molecule has 110 valence electrons. The predicted octanol–water partition coefficient (Wildman–Crippen LogP) is 2.79. The normalized spacial score (nSPS) is 10.3. The van der Waals surface area contributed by atoms with Crippen molar-refractivity contribution in [1.29, 1.82) is 0 Å². The number of carbonyl (C=O) groups excluding carboxylic acids is 1. The summed E-state index contributed by atoms with van der Waals surface area (Å²) in [5, 5.41) is 6.67. The van der Waals surface area contributed by atoms with Crippen LogP contribution >= 0.6 is 11.6 Å². The van der Waals surface area contributed by atoms with E-state index in [1.54, 1.807) is 0 Å². The van der Waals surface area contributed by atoms with Gasteiger partial charge in [0.1, 0.15) is 0 Å². The Labute approximate surface area is 130 Å². The molecule has 3 nitrogen and oxygen atoms in total. The monoisotopic (exact) mass is 302 g/mol. The van der Waals surface area contributed by atoms with Gasteiger partial charge in [0.2, 0.25) is 5.91 Å². The molecule has 0 spiro atoms. The van der Waals surface area contributed by atoms with E-state index in [0.717, 1.165) is 18.5 Å². The van der Waals surface area contributed by atoms with Gasteiger partial charge in [-0.05, 0) is 30.2 Å². The number of carbonyl (C=O) groups is 1. The molecule has 0 unspecified atom stereocenters. The van der Waals surface area contributed by atoms with Gasteiger partial charge in [-0.2, -0.15) is 0 Å². The Morgan fingerprint density at radius 1 is 1.00 bits per heavy atom. The lowest BCUT2D eigenvalue weighted by Crippen LogP contribution is -2.34. The highest BCUT2D eigenvalue weighted by Crippen LogP contribution is 2.14. The van der Waals surface area contributed by atoms with Crippen molar-refractivity contribution < 1.29 is 4.79 Å². The van der Waals surface area contributed by atoms with Crippen molar-refractivity contribution >= 4 is 17.5 Å². The van der Waals surface area contributed by atoms with Crippen LogP contribution in [0.15, 0.2) is 54.6 Å². The summed E-state index contributed by atoms with van der Waals surface area (Å²) in [5.74, 6) is -0.0250. The van der Waals surface area contributed by atoms with Gasteiger partial charge in [0.25, 0.3) is 0 Å². The van der Waals surface area contributed by atoms with Crippen LogP contribution in [-0.4, -0.2) is 19.0 Å². The molecule has 2 N–H and O–H groups in total. The molecule has 0 aliphatic heterocycles. The lowest BCUT2D eigenvalue weighted by Gasteiger charge is -2.08. The van der Waals surface area contributed by atoms with Crippen LogP contribution in [0.1, 0.15) is 11.1 Å². The topological polar surface area (TPSA) is 41.1 Å². The van der Waals surface area contributed by atoms with Crippen LogP contribution in [0.2, 0.25) is 5.02 Å². The fraction of sp³-hybridized carbons (Fsp3) is 0.235. The quantitative estimate of drug-likeness (QED) is 0.772. The fourth-order valence-electron chi connectivity index (χ4n) is 1.98.